The second-order valence-corrected chi connectivity index (χ2v) is 14.8. The highest BCUT2D eigenvalue weighted by molar-refractivity contribution is 7.16. The van der Waals surface area contributed by atoms with E-state index in [0.717, 1.165) is 85.2 Å². The topological polar surface area (TPSA) is 146 Å². The van der Waals surface area contributed by atoms with Gasteiger partial charge in [-0.3, -0.25) is 0 Å². The molecule has 2 aliphatic heterocycles. The number of anilines is 2. The Morgan fingerprint density at radius 1 is 1.18 bits per heavy atom. The molecule has 2 saturated heterocycles. The maximum Gasteiger partial charge on any atom is 0.186 e. The highest BCUT2D eigenvalue weighted by atomic mass is 32.1. The molecule has 2 aliphatic carbocycles. The summed E-state index contributed by atoms with van der Waals surface area (Å²) in [7, 11) is 2.19. The number of nitriles is 1. The Bertz CT molecular complexity index is 1810. The molecule has 0 radical (unpaired) electrons. The Morgan fingerprint density at radius 3 is 2.73 bits per heavy atom. The van der Waals surface area contributed by atoms with E-state index in [1.165, 1.54) is 11.3 Å². The van der Waals surface area contributed by atoms with Gasteiger partial charge in [-0.2, -0.15) is 10.4 Å². The van der Waals surface area contributed by atoms with Gasteiger partial charge in [0, 0.05) is 29.6 Å². The molecule has 3 N–H and O–H groups in total. The number of fused-ring (bicyclic) bond motifs is 5. The molecule has 4 atom stereocenters. The van der Waals surface area contributed by atoms with Crippen LogP contribution in [0.5, 0.6) is 0 Å². The number of β-amino-alcohol motifs (C(OH)–C–C–N with tert-alkyl or cyclic N) is 1. The molecular formula is C32H39N9O2S. The van der Waals surface area contributed by atoms with Crippen molar-refractivity contribution in [3.05, 3.63) is 33.5 Å². The van der Waals surface area contributed by atoms with Gasteiger partial charge in [0.2, 0.25) is 0 Å². The van der Waals surface area contributed by atoms with E-state index < -0.39 is 11.0 Å². The van der Waals surface area contributed by atoms with Crippen LogP contribution in [0.1, 0.15) is 92.2 Å². The molecular weight excluding hydrogens is 574 g/mol. The van der Waals surface area contributed by atoms with E-state index in [1.807, 2.05) is 13.1 Å². The first-order valence-electron chi connectivity index (χ1n) is 15.9. The lowest BCUT2D eigenvalue weighted by atomic mass is 9.63. The van der Waals surface area contributed by atoms with Gasteiger partial charge < -0.3 is 25.2 Å². The fourth-order valence-electron chi connectivity index (χ4n) is 8.61. The van der Waals surface area contributed by atoms with Gasteiger partial charge in [-0.15, -0.1) is 11.3 Å². The third-order valence-electron chi connectivity index (χ3n) is 10.8. The van der Waals surface area contributed by atoms with E-state index in [0.29, 0.717) is 47.6 Å². The van der Waals surface area contributed by atoms with E-state index in [2.05, 4.69) is 39.7 Å². The third-order valence-corrected chi connectivity index (χ3v) is 11.9. The lowest BCUT2D eigenvalue weighted by Crippen LogP contribution is -2.35. The van der Waals surface area contributed by atoms with Gasteiger partial charge in [0.05, 0.1) is 34.2 Å². The van der Waals surface area contributed by atoms with Crippen molar-refractivity contribution in [2.45, 2.75) is 94.7 Å². The minimum Gasteiger partial charge on any atom is -0.389 e. The Balaban J connectivity index is 1.29. The monoisotopic (exact) mass is 613 g/mol. The average molecular weight is 614 g/mol. The van der Waals surface area contributed by atoms with Crippen molar-refractivity contribution in [3.63, 3.8) is 0 Å². The van der Waals surface area contributed by atoms with Crippen LogP contribution in [-0.4, -0.2) is 73.2 Å². The van der Waals surface area contributed by atoms with Crippen molar-refractivity contribution in [2.24, 2.45) is 0 Å². The highest BCUT2D eigenvalue weighted by Crippen LogP contribution is 2.55. The molecule has 4 aliphatic rings. The molecule has 0 bridgehead atoms. The maximum absolute atomic E-state index is 10.9. The summed E-state index contributed by atoms with van der Waals surface area (Å²) in [4.78, 5) is 16.1. The number of hydrogen-bond donors (Lipinski definition) is 2. The standard InChI is InChI=1S/C32H39N9O2S/c1-18(22-8-6-13-39(22)3)41-30-21(16-35-41)29(40-14-12-31(2,42)17-40)36-28(37-30)25-19-7-4-10-32(26(19)43-38-25)11-5-9-23-24(32)20(15-33)27(34)44-23/h16,18,22,42H,4-14,17,34H2,1-3H3. The zero-order valence-corrected chi connectivity index (χ0v) is 26.5. The first-order chi connectivity index (χ1) is 21.2. The van der Waals surface area contributed by atoms with Gasteiger partial charge in [0.15, 0.2) is 22.9 Å². The number of nitrogens with zero attached hydrogens (tertiary/aromatic N) is 8. The van der Waals surface area contributed by atoms with Crippen molar-refractivity contribution in [1.82, 2.24) is 29.8 Å². The molecule has 6 heterocycles. The molecule has 0 amide bonds. The summed E-state index contributed by atoms with van der Waals surface area (Å²) in [5.74, 6) is 2.15. The second-order valence-electron chi connectivity index (χ2n) is 13.7. The number of rotatable bonds is 4. The number of hydrogen-bond acceptors (Lipinski definition) is 11. The van der Waals surface area contributed by atoms with E-state index >= 15 is 0 Å². The summed E-state index contributed by atoms with van der Waals surface area (Å²) < 4.78 is 8.36. The van der Waals surface area contributed by atoms with E-state index in [1.54, 1.807) is 11.3 Å². The Labute approximate surface area is 260 Å². The lowest BCUT2D eigenvalue weighted by Gasteiger charge is -2.39. The number of aliphatic hydroxyl groups is 1. The van der Waals surface area contributed by atoms with Gasteiger partial charge in [0.1, 0.15) is 16.9 Å². The molecule has 2 fully saturated rings. The summed E-state index contributed by atoms with van der Waals surface area (Å²) in [5.41, 5.74) is 9.31. The summed E-state index contributed by atoms with van der Waals surface area (Å²) in [6.07, 6.45) is 10.4. The number of aryl methyl sites for hydroxylation is 1. The molecule has 0 aromatic carbocycles. The van der Waals surface area contributed by atoms with E-state index in [9.17, 15) is 10.4 Å². The molecule has 8 rings (SSSR count). The van der Waals surface area contributed by atoms with E-state index in [4.69, 9.17) is 25.3 Å². The van der Waals surface area contributed by atoms with Gasteiger partial charge in [0.25, 0.3) is 0 Å². The van der Waals surface area contributed by atoms with Gasteiger partial charge in [-0.05, 0) is 90.8 Å². The minimum absolute atomic E-state index is 0.126. The second kappa shape index (κ2) is 9.99. The van der Waals surface area contributed by atoms with Crippen molar-refractivity contribution in [1.29, 1.82) is 5.26 Å². The van der Waals surface area contributed by atoms with Crippen molar-refractivity contribution in [2.75, 3.05) is 37.3 Å². The van der Waals surface area contributed by atoms with Gasteiger partial charge in [-0.25, -0.2) is 14.6 Å². The van der Waals surface area contributed by atoms with Gasteiger partial charge in [-0.1, -0.05) is 5.16 Å². The lowest BCUT2D eigenvalue weighted by molar-refractivity contribution is 0.0839. The number of thiophene rings is 1. The maximum atomic E-state index is 10.9. The van der Waals surface area contributed by atoms with Crippen LogP contribution in [-0.2, 0) is 18.3 Å². The third kappa shape index (κ3) is 4.05. The van der Waals surface area contributed by atoms with Crippen LogP contribution >= 0.6 is 11.3 Å². The quantitative estimate of drug-likeness (QED) is 0.336. The summed E-state index contributed by atoms with van der Waals surface area (Å²) in [5, 5.41) is 32.0. The Morgan fingerprint density at radius 2 is 2.00 bits per heavy atom. The van der Waals surface area contributed by atoms with Crippen LogP contribution < -0.4 is 10.6 Å². The van der Waals surface area contributed by atoms with Crippen LogP contribution in [0.3, 0.4) is 0 Å². The number of likely N-dealkylation sites (N-methyl/N-ethyl adjacent to an activating group) is 1. The number of nitrogens with two attached hydrogens (primary N) is 1. The first kappa shape index (κ1) is 28.0. The highest BCUT2D eigenvalue weighted by Gasteiger charge is 2.49. The number of aromatic nitrogens is 5. The molecule has 0 saturated carbocycles. The van der Waals surface area contributed by atoms with Crippen LogP contribution in [0.25, 0.3) is 22.6 Å². The molecule has 1 spiro atoms. The normalized spacial score (nSPS) is 27.6. The van der Waals surface area contributed by atoms with Crippen molar-refractivity contribution in [3.8, 4) is 17.6 Å². The molecule has 4 aromatic heterocycles. The van der Waals surface area contributed by atoms with Crippen LogP contribution in [0.4, 0.5) is 10.8 Å². The summed E-state index contributed by atoms with van der Waals surface area (Å²) >= 11 is 1.55. The first-order valence-corrected chi connectivity index (χ1v) is 16.8. The van der Waals surface area contributed by atoms with Crippen LogP contribution in [0.15, 0.2) is 10.7 Å². The Hall–Kier alpha value is -3.53. The number of nitrogen functional groups attached to an aromatic ring is 1. The zero-order valence-electron chi connectivity index (χ0n) is 25.6. The fourth-order valence-corrected chi connectivity index (χ4v) is 9.77. The summed E-state index contributed by atoms with van der Waals surface area (Å²) in [6, 6.07) is 2.91. The predicted octanol–water partition coefficient (Wildman–Crippen LogP) is 4.57. The SMILES string of the molecule is CC(C1CCCN1C)n1ncc2c(N3CCC(C)(O)C3)nc(-c3noc4c3CCCC43CCCc4sc(N)c(C#N)c43)nc21. The largest absolute Gasteiger partial charge is 0.389 e. The van der Waals surface area contributed by atoms with Crippen molar-refractivity contribution >= 4 is 33.2 Å². The average Bonchev–Trinajstić information content (AvgIpc) is 3.82. The minimum atomic E-state index is -0.785. The zero-order chi connectivity index (χ0) is 30.4. The molecule has 12 heteroatoms. The smallest absolute Gasteiger partial charge is 0.186 e. The fraction of sp³-hybridized carbons (Fsp3) is 0.594. The Kier molecular flexibility index (Phi) is 6.35. The number of likely N-dealkylation sites (tertiary alicyclic amines) is 1. The van der Waals surface area contributed by atoms with E-state index in [-0.39, 0.29) is 6.04 Å². The van der Waals surface area contributed by atoms with Crippen molar-refractivity contribution < 1.29 is 9.63 Å². The summed E-state index contributed by atoms with van der Waals surface area (Å²) in [6.45, 7) is 6.38. The van der Waals surface area contributed by atoms with Crippen LogP contribution in [0.2, 0.25) is 0 Å². The molecule has 11 nitrogen and oxygen atoms in total. The predicted molar refractivity (Wildman–Crippen MR) is 169 cm³/mol. The van der Waals surface area contributed by atoms with Crippen LogP contribution in [0, 0.1) is 11.3 Å². The van der Waals surface area contributed by atoms with Gasteiger partial charge >= 0.3 is 0 Å². The molecule has 4 aromatic rings. The molecule has 4 unspecified atom stereocenters. The molecule has 44 heavy (non-hydrogen) atoms. The molecule has 230 valence electrons.